The maximum Gasteiger partial charge on any atom is 0.339 e. The molecule has 1 aliphatic carbocycles. The van der Waals surface area contributed by atoms with E-state index in [1.165, 1.54) is 17.5 Å². The number of halogens is 1. The van der Waals surface area contributed by atoms with Crippen molar-refractivity contribution in [2.24, 2.45) is 0 Å². The third-order valence-electron chi connectivity index (χ3n) is 5.48. The summed E-state index contributed by atoms with van der Waals surface area (Å²) in [4.78, 5) is 0.112. The molecule has 0 aliphatic heterocycles. The number of hydrogen-bond acceptors (Lipinski definition) is 3. The van der Waals surface area contributed by atoms with E-state index in [-0.39, 0.29) is 15.7 Å². The molecule has 0 bridgehead atoms. The molecular formula is C24H23ClO3S. The highest BCUT2D eigenvalue weighted by atomic mass is 35.5. The first-order valence-corrected chi connectivity index (χ1v) is 11.6. The van der Waals surface area contributed by atoms with Crippen LogP contribution in [0.5, 0.6) is 5.75 Å². The fourth-order valence-corrected chi connectivity index (χ4v) is 5.20. The Balaban J connectivity index is 1.85. The van der Waals surface area contributed by atoms with Crippen LogP contribution >= 0.6 is 11.6 Å². The molecule has 3 aromatic carbocycles. The monoisotopic (exact) mass is 426 g/mol. The molecule has 0 spiro atoms. The van der Waals surface area contributed by atoms with Gasteiger partial charge in [-0.3, -0.25) is 0 Å². The van der Waals surface area contributed by atoms with Crippen molar-refractivity contribution >= 4 is 21.7 Å². The van der Waals surface area contributed by atoms with Gasteiger partial charge in [0.2, 0.25) is 0 Å². The van der Waals surface area contributed by atoms with Crippen molar-refractivity contribution in [1.82, 2.24) is 0 Å². The first kappa shape index (κ1) is 20.0. The second kappa shape index (κ2) is 7.85. The molecular weight excluding hydrogens is 404 g/mol. The summed E-state index contributed by atoms with van der Waals surface area (Å²) in [5.41, 5.74) is 6.43. The summed E-state index contributed by atoms with van der Waals surface area (Å²) in [5.74, 6) is 0.191. The van der Waals surface area contributed by atoms with E-state index in [2.05, 4.69) is 12.1 Å². The molecule has 150 valence electrons. The van der Waals surface area contributed by atoms with E-state index in [1.54, 1.807) is 30.3 Å². The van der Waals surface area contributed by atoms with E-state index in [0.717, 1.165) is 41.5 Å². The predicted molar refractivity (Wildman–Crippen MR) is 117 cm³/mol. The van der Waals surface area contributed by atoms with Gasteiger partial charge in [-0.25, -0.2) is 0 Å². The average molecular weight is 427 g/mol. The normalized spacial score (nSPS) is 13.8. The lowest BCUT2D eigenvalue weighted by Gasteiger charge is -2.23. The summed E-state index contributed by atoms with van der Waals surface area (Å²) < 4.78 is 31.5. The molecule has 0 atom stereocenters. The van der Waals surface area contributed by atoms with Crippen LogP contribution in [-0.4, -0.2) is 8.42 Å². The van der Waals surface area contributed by atoms with Crippen LogP contribution in [-0.2, 0) is 23.0 Å². The molecule has 29 heavy (non-hydrogen) atoms. The van der Waals surface area contributed by atoms with Crippen molar-refractivity contribution in [3.63, 3.8) is 0 Å². The second-order valence-corrected chi connectivity index (χ2v) is 9.52. The minimum Gasteiger partial charge on any atom is -0.377 e. The van der Waals surface area contributed by atoms with Gasteiger partial charge in [-0.2, -0.15) is 8.42 Å². The third kappa shape index (κ3) is 3.92. The van der Waals surface area contributed by atoms with Gasteiger partial charge in [-0.15, -0.1) is 0 Å². The molecule has 3 aromatic rings. The third-order valence-corrected chi connectivity index (χ3v) is 7.01. The average Bonchev–Trinajstić information content (AvgIpc) is 2.70. The molecule has 0 radical (unpaired) electrons. The van der Waals surface area contributed by atoms with Gasteiger partial charge in [0.1, 0.15) is 4.90 Å². The van der Waals surface area contributed by atoms with Crippen molar-refractivity contribution in [1.29, 1.82) is 0 Å². The highest BCUT2D eigenvalue weighted by Gasteiger charge is 2.24. The van der Waals surface area contributed by atoms with E-state index in [0.29, 0.717) is 0 Å². The van der Waals surface area contributed by atoms with Crippen molar-refractivity contribution in [3.05, 3.63) is 81.9 Å². The van der Waals surface area contributed by atoms with Gasteiger partial charge in [0.15, 0.2) is 5.75 Å². The minimum atomic E-state index is -4.00. The van der Waals surface area contributed by atoms with Crippen LogP contribution in [0.15, 0.2) is 59.5 Å². The molecule has 0 saturated heterocycles. The smallest absolute Gasteiger partial charge is 0.339 e. The van der Waals surface area contributed by atoms with E-state index in [1.807, 2.05) is 26.0 Å². The van der Waals surface area contributed by atoms with Gasteiger partial charge in [0.25, 0.3) is 0 Å². The Hall–Kier alpha value is -2.30. The largest absolute Gasteiger partial charge is 0.377 e. The van der Waals surface area contributed by atoms with Gasteiger partial charge in [0, 0.05) is 5.56 Å². The lowest BCUT2D eigenvalue weighted by atomic mass is 9.83. The Bertz CT molecular complexity index is 1170. The first-order chi connectivity index (χ1) is 13.9. The van der Waals surface area contributed by atoms with Crippen molar-refractivity contribution < 1.29 is 12.6 Å². The van der Waals surface area contributed by atoms with E-state index in [9.17, 15) is 8.42 Å². The first-order valence-electron chi connectivity index (χ1n) is 9.78. The molecule has 0 heterocycles. The maximum absolute atomic E-state index is 12.9. The van der Waals surface area contributed by atoms with Crippen LogP contribution in [0.1, 0.15) is 35.1 Å². The summed E-state index contributed by atoms with van der Waals surface area (Å²) in [6.07, 6.45) is 4.32. The number of benzene rings is 3. The summed E-state index contributed by atoms with van der Waals surface area (Å²) in [7, 11) is -4.00. The van der Waals surface area contributed by atoms with E-state index in [4.69, 9.17) is 15.8 Å². The zero-order valence-corrected chi connectivity index (χ0v) is 18.1. The van der Waals surface area contributed by atoms with Crippen LogP contribution in [0.25, 0.3) is 11.1 Å². The quantitative estimate of drug-likeness (QED) is 0.461. The van der Waals surface area contributed by atoms with Gasteiger partial charge in [-0.1, -0.05) is 53.6 Å². The van der Waals surface area contributed by atoms with Crippen LogP contribution in [0, 0.1) is 13.8 Å². The highest BCUT2D eigenvalue weighted by molar-refractivity contribution is 7.87. The fraction of sp³-hybridized carbons (Fsp3) is 0.250. The summed E-state index contributed by atoms with van der Waals surface area (Å²) in [5, 5.41) is 0.283. The zero-order chi connectivity index (χ0) is 20.6. The molecule has 0 fully saturated rings. The standard InChI is InChI=1S/C24H23ClO3S/c1-16-10-14-19(15-11-16)29(26,27)28-24-21(8-5-9-22(24)25)23-17(2)12-13-18-6-3-4-7-20(18)23/h5,8-15H,3-4,6-7H2,1-2H3. The number of rotatable bonds is 4. The molecule has 0 amide bonds. The van der Waals surface area contributed by atoms with Crippen molar-refractivity contribution in [3.8, 4) is 16.9 Å². The highest BCUT2D eigenvalue weighted by Crippen LogP contribution is 2.43. The summed E-state index contributed by atoms with van der Waals surface area (Å²) in [6, 6.07) is 16.3. The Morgan fingerprint density at radius 2 is 1.62 bits per heavy atom. The molecule has 4 rings (SSSR count). The molecule has 0 unspecified atom stereocenters. The molecule has 3 nitrogen and oxygen atoms in total. The van der Waals surface area contributed by atoms with Crippen LogP contribution in [0.4, 0.5) is 0 Å². The molecule has 0 aromatic heterocycles. The molecule has 0 saturated carbocycles. The van der Waals surface area contributed by atoms with E-state index < -0.39 is 10.1 Å². The lowest BCUT2D eigenvalue weighted by Crippen LogP contribution is -2.12. The van der Waals surface area contributed by atoms with Gasteiger partial charge < -0.3 is 4.18 Å². The van der Waals surface area contributed by atoms with Gasteiger partial charge in [-0.05, 0) is 80.0 Å². The second-order valence-electron chi connectivity index (χ2n) is 7.57. The van der Waals surface area contributed by atoms with Crippen LogP contribution in [0.3, 0.4) is 0 Å². The maximum atomic E-state index is 12.9. The summed E-state index contributed by atoms with van der Waals surface area (Å²) in [6.45, 7) is 3.95. The topological polar surface area (TPSA) is 43.4 Å². The van der Waals surface area contributed by atoms with Crippen LogP contribution in [0.2, 0.25) is 5.02 Å². The lowest BCUT2D eigenvalue weighted by molar-refractivity contribution is 0.487. The number of para-hydroxylation sites is 1. The van der Waals surface area contributed by atoms with Gasteiger partial charge in [0.05, 0.1) is 5.02 Å². The van der Waals surface area contributed by atoms with Crippen molar-refractivity contribution in [2.75, 3.05) is 0 Å². The Labute approximate surface area is 177 Å². The Morgan fingerprint density at radius 3 is 2.38 bits per heavy atom. The Kier molecular flexibility index (Phi) is 5.41. The summed E-state index contributed by atoms with van der Waals surface area (Å²) >= 11 is 6.44. The molecule has 5 heteroatoms. The molecule has 0 N–H and O–H groups in total. The number of hydrogen-bond donors (Lipinski definition) is 0. The number of aryl methyl sites for hydroxylation is 3. The molecule has 1 aliphatic rings. The predicted octanol–water partition coefficient (Wildman–Crippen LogP) is 6.27. The SMILES string of the molecule is Cc1ccc(S(=O)(=O)Oc2c(Cl)cccc2-c2c(C)ccc3c2CCCC3)cc1. The minimum absolute atomic E-state index is 0.112. The van der Waals surface area contributed by atoms with Crippen LogP contribution < -0.4 is 4.18 Å². The number of fused-ring (bicyclic) bond motifs is 1. The van der Waals surface area contributed by atoms with Crippen molar-refractivity contribution in [2.45, 2.75) is 44.4 Å². The zero-order valence-electron chi connectivity index (χ0n) is 16.5. The Morgan fingerprint density at radius 1 is 0.897 bits per heavy atom. The van der Waals surface area contributed by atoms with E-state index >= 15 is 0 Å². The fourth-order valence-electron chi connectivity index (χ4n) is 3.97. The van der Waals surface area contributed by atoms with Gasteiger partial charge >= 0.3 is 10.1 Å².